The minimum absolute atomic E-state index is 1.14. The lowest BCUT2D eigenvalue weighted by Gasteiger charge is -2.34. The number of fused-ring (bicyclic) bond motifs is 6. The maximum Gasteiger partial charge on any atom is 0.179 e. The van der Waals surface area contributed by atoms with Crippen LogP contribution in [-0.4, -0.2) is 17.2 Å². The van der Waals surface area contributed by atoms with Gasteiger partial charge < -0.3 is 9.13 Å². The minimum atomic E-state index is -2.76. The van der Waals surface area contributed by atoms with Crippen LogP contribution in [0.3, 0.4) is 0 Å². The first-order chi connectivity index (χ1) is 28.3. The summed E-state index contributed by atoms with van der Waals surface area (Å²) in [5, 5.41) is 10.5. The molecule has 2 heterocycles. The summed E-state index contributed by atoms with van der Waals surface area (Å²) in [7, 11) is -2.76. The van der Waals surface area contributed by atoms with Crippen LogP contribution in [0.25, 0.3) is 66.1 Å². The van der Waals surface area contributed by atoms with Gasteiger partial charge in [-0.15, -0.1) is 0 Å². The molecule has 0 aliphatic rings. The van der Waals surface area contributed by atoms with E-state index in [4.69, 9.17) is 0 Å². The number of para-hydroxylation sites is 2. The summed E-state index contributed by atoms with van der Waals surface area (Å²) >= 11 is 0. The average molecular weight is 743 g/mol. The first kappa shape index (κ1) is 33.2. The van der Waals surface area contributed by atoms with Crippen molar-refractivity contribution in [1.29, 1.82) is 0 Å². The SMILES string of the molecule is c1ccc(-c2ccc(-n3c4ccccc4c4ccc(-n5c6ccccc6c6ccc([Si](c7ccccc7)(c7ccccc7)c7ccccc7)cc65)cc43)cc2)cc1. The van der Waals surface area contributed by atoms with Crippen molar-refractivity contribution >= 4 is 72.4 Å². The lowest BCUT2D eigenvalue weighted by Crippen LogP contribution is -2.74. The highest BCUT2D eigenvalue weighted by Crippen LogP contribution is 2.37. The molecule has 0 radical (unpaired) electrons. The number of hydrogen-bond acceptors (Lipinski definition) is 0. The molecule has 0 unspecified atom stereocenters. The summed E-state index contributed by atoms with van der Waals surface area (Å²) in [6.07, 6.45) is 0. The highest BCUT2D eigenvalue weighted by molar-refractivity contribution is 7.20. The summed E-state index contributed by atoms with van der Waals surface area (Å²) in [6.45, 7) is 0. The summed E-state index contributed by atoms with van der Waals surface area (Å²) < 4.78 is 4.93. The molecule has 0 saturated heterocycles. The molecule has 0 N–H and O–H groups in total. The zero-order valence-electron chi connectivity index (χ0n) is 31.3. The Labute approximate surface area is 333 Å². The zero-order valence-corrected chi connectivity index (χ0v) is 32.3. The van der Waals surface area contributed by atoms with E-state index in [1.165, 1.54) is 75.5 Å². The number of hydrogen-bond donors (Lipinski definition) is 0. The van der Waals surface area contributed by atoms with Crippen LogP contribution in [0.4, 0.5) is 0 Å². The van der Waals surface area contributed by atoms with E-state index < -0.39 is 8.07 Å². The largest absolute Gasteiger partial charge is 0.309 e. The molecule has 57 heavy (non-hydrogen) atoms. The predicted molar refractivity (Wildman–Crippen MR) is 244 cm³/mol. The Hall–Kier alpha value is -7.20. The van der Waals surface area contributed by atoms with Crippen molar-refractivity contribution in [2.75, 3.05) is 0 Å². The van der Waals surface area contributed by atoms with Gasteiger partial charge in [0.1, 0.15) is 0 Å². The fourth-order valence-electron chi connectivity index (χ4n) is 9.36. The third-order valence-corrected chi connectivity index (χ3v) is 16.7. The Balaban J connectivity index is 1.18. The molecule has 0 spiro atoms. The molecule has 11 aromatic rings. The average Bonchev–Trinajstić information content (AvgIpc) is 3.80. The van der Waals surface area contributed by atoms with E-state index in [0.29, 0.717) is 0 Å². The van der Waals surface area contributed by atoms with Crippen LogP contribution in [0, 0.1) is 0 Å². The van der Waals surface area contributed by atoms with E-state index in [9.17, 15) is 0 Å². The van der Waals surface area contributed by atoms with Gasteiger partial charge in [-0.1, -0.05) is 188 Å². The first-order valence-electron chi connectivity index (χ1n) is 19.7. The maximum atomic E-state index is 2.51. The molecule has 0 aliphatic carbocycles. The summed E-state index contributed by atoms with van der Waals surface area (Å²) in [5.41, 5.74) is 9.51. The van der Waals surface area contributed by atoms with Crippen LogP contribution in [0.1, 0.15) is 0 Å². The van der Waals surface area contributed by atoms with Crippen molar-refractivity contribution in [1.82, 2.24) is 9.13 Å². The molecule has 0 fully saturated rings. The third-order valence-electron chi connectivity index (χ3n) is 11.9. The lowest BCUT2D eigenvalue weighted by molar-refractivity contribution is 1.15. The van der Waals surface area contributed by atoms with Gasteiger partial charge in [-0.2, -0.15) is 0 Å². The molecule has 0 saturated carbocycles. The van der Waals surface area contributed by atoms with Crippen LogP contribution < -0.4 is 20.7 Å². The molecule has 3 heteroatoms. The second kappa shape index (κ2) is 13.5. The van der Waals surface area contributed by atoms with Crippen molar-refractivity contribution in [2.24, 2.45) is 0 Å². The van der Waals surface area contributed by atoms with Gasteiger partial charge in [0.2, 0.25) is 0 Å². The summed E-state index contributed by atoms with van der Waals surface area (Å²) in [5.74, 6) is 0. The topological polar surface area (TPSA) is 9.86 Å². The van der Waals surface area contributed by atoms with Crippen LogP contribution in [0.15, 0.2) is 231 Å². The Bertz CT molecular complexity index is 3100. The number of aromatic nitrogens is 2. The monoisotopic (exact) mass is 742 g/mol. The van der Waals surface area contributed by atoms with E-state index in [-0.39, 0.29) is 0 Å². The van der Waals surface area contributed by atoms with Crippen LogP contribution in [-0.2, 0) is 0 Å². The smallest absolute Gasteiger partial charge is 0.179 e. The van der Waals surface area contributed by atoms with E-state index in [0.717, 1.165) is 11.4 Å². The lowest BCUT2D eigenvalue weighted by atomic mass is 10.1. The number of rotatable bonds is 7. The molecule has 2 aromatic heterocycles. The Morgan fingerprint density at radius 1 is 0.246 bits per heavy atom. The molecule has 0 atom stereocenters. The van der Waals surface area contributed by atoms with Gasteiger partial charge >= 0.3 is 0 Å². The molecule has 2 nitrogen and oxygen atoms in total. The van der Waals surface area contributed by atoms with E-state index in [2.05, 4.69) is 240 Å². The molecular weight excluding hydrogens is 705 g/mol. The van der Waals surface area contributed by atoms with Crippen molar-refractivity contribution in [3.63, 3.8) is 0 Å². The van der Waals surface area contributed by atoms with Crippen molar-refractivity contribution in [3.8, 4) is 22.5 Å². The number of benzene rings is 9. The predicted octanol–water partition coefficient (Wildman–Crippen LogP) is 10.9. The molecule has 0 amide bonds. The highest BCUT2D eigenvalue weighted by atomic mass is 28.3. The zero-order chi connectivity index (χ0) is 37.8. The van der Waals surface area contributed by atoms with E-state index >= 15 is 0 Å². The second-order valence-corrected chi connectivity index (χ2v) is 18.7. The van der Waals surface area contributed by atoms with Gasteiger partial charge in [0.25, 0.3) is 0 Å². The van der Waals surface area contributed by atoms with Crippen LogP contribution in [0.5, 0.6) is 0 Å². The van der Waals surface area contributed by atoms with E-state index in [1.807, 2.05) is 0 Å². The molecule has 268 valence electrons. The Kier molecular flexibility index (Phi) is 7.87. The molecular formula is C54H38N2Si. The first-order valence-corrected chi connectivity index (χ1v) is 21.7. The van der Waals surface area contributed by atoms with Gasteiger partial charge in [0, 0.05) is 32.9 Å². The second-order valence-electron chi connectivity index (χ2n) is 14.9. The van der Waals surface area contributed by atoms with Gasteiger partial charge in [-0.05, 0) is 74.3 Å². The molecule has 9 aromatic carbocycles. The minimum Gasteiger partial charge on any atom is -0.309 e. The molecule has 0 bridgehead atoms. The Morgan fingerprint density at radius 3 is 1.18 bits per heavy atom. The molecule has 11 rings (SSSR count). The van der Waals surface area contributed by atoms with Gasteiger partial charge in [0.05, 0.1) is 22.1 Å². The summed E-state index contributed by atoms with van der Waals surface area (Å²) in [6, 6.07) is 85.2. The third kappa shape index (κ3) is 5.24. The summed E-state index contributed by atoms with van der Waals surface area (Å²) in [4.78, 5) is 0. The van der Waals surface area contributed by atoms with Gasteiger partial charge in [0.15, 0.2) is 8.07 Å². The maximum absolute atomic E-state index is 2.76. The van der Waals surface area contributed by atoms with Crippen molar-refractivity contribution in [2.45, 2.75) is 0 Å². The number of nitrogens with zero attached hydrogens (tertiary/aromatic N) is 2. The van der Waals surface area contributed by atoms with Crippen molar-refractivity contribution < 1.29 is 0 Å². The fraction of sp³-hybridized carbons (Fsp3) is 0. The van der Waals surface area contributed by atoms with Crippen LogP contribution >= 0.6 is 0 Å². The highest BCUT2D eigenvalue weighted by Gasteiger charge is 2.41. The van der Waals surface area contributed by atoms with Gasteiger partial charge in [-0.3, -0.25) is 0 Å². The normalized spacial score (nSPS) is 11.9. The Morgan fingerprint density at radius 2 is 0.632 bits per heavy atom. The quantitative estimate of drug-likeness (QED) is 0.114. The van der Waals surface area contributed by atoms with Gasteiger partial charge in [-0.25, -0.2) is 0 Å². The van der Waals surface area contributed by atoms with Crippen LogP contribution in [0.2, 0.25) is 0 Å². The molecule has 0 aliphatic heterocycles. The fourth-order valence-corrected chi connectivity index (χ4v) is 14.1. The van der Waals surface area contributed by atoms with E-state index in [1.54, 1.807) is 0 Å². The standard InChI is InChI=1S/C54H38N2Si/c1-5-17-39(18-6-1)40-29-31-41(32-30-40)55-51-27-15-13-25-47(51)49-35-33-42(37-53(49)55)56-52-28-16-14-26-48(52)50-36-34-46(38-54(50)56)57(43-19-7-2-8-20-43,44-21-9-3-10-22-44)45-23-11-4-12-24-45/h1-38H. The van der Waals surface area contributed by atoms with Crippen molar-refractivity contribution in [3.05, 3.63) is 231 Å².